The largest absolute Gasteiger partial charge is 0.480 e. The molecule has 4 nitrogen and oxygen atoms in total. The second-order valence-electron chi connectivity index (χ2n) is 5.38. The summed E-state index contributed by atoms with van der Waals surface area (Å²) in [4.78, 5) is 23.4. The Morgan fingerprint density at radius 2 is 2.00 bits per heavy atom. The van der Waals surface area contributed by atoms with E-state index in [2.05, 4.69) is 21.2 Å². The number of aryl methyl sites for hydroxylation is 1. The minimum absolute atomic E-state index is 0.136. The van der Waals surface area contributed by atoms with Crippen molar-refractivity contribution in [3.05, 3.63) is 34.1 Å². The van der Waals surface area contributed by atoms with Crippen LogP contribution in [0.1, 0.15) is 37.7 Å². The minimum atomic E-state index is -1.11. The summed E-state index contributed by atoms with van der Waals surface area (Å²) in [5.41, 5.74) is -0.420. The highest BCUT2D eigenvalue weighted by Crippen LogP contribution is 2.30. The molecule has 1 saturated carbocycles. The molecule has 0 unspecified atom stereocenters. The second kappa shape index (κ2) is 6.56. The number of carbonyl (C=O) groups excluding carboxylic acids is 1. The molecule has 114 valence electrons. The van der Waals surface area contributed by atoms with Gasteiger partial charge in [0.2, 0.25) is 5.91 Å². The van der Waals surface area contributed by atoms with Gasteiger partial charge in [0.1, 0.15) is 11.4 Å². The minimum Gasteiger partial charge on any atom is -0.480 e. The van der Waals surface area contributed by atoms with E-state index < -0.39 is 11.5 Å². The van der Waals surface area contributed by atoms with Crippen molar-refractivity contribution in [2.24, 2.45) is 0 Å². The lowest BCUT2D eigenvalue weighted by Gasteiger charge is -2.25. The lowest BCUT2D eigenvalue weighted by molar-refractivity contribution is -0.147. The number of aliphatic carboxylic acids is 1. The molecule has 1 fully saturated rings. The van der Waals surface area contributed by atoms with Gasteiger partial charge in [-0.3, -0.25) is 4.79 Å². The van der Waals surface area contributed by atoms with Gasteiger partial charge in [-0.05, 0) is 43.0 Å². The van der Waals surface area contributed by atoms with E-state index in [1.807, 2.05) is 0 Å². The first-order chi connectivity index (χ1) is 9.93. The second-order valence-corrected chi connectivity index (χ2v) is 6.23. The molecule has 0 saturated heterocycles. The van der Waals surface area contributed by atoms with Gasteiger partial charge in [0, 0.05) is 10.9 Å². The van der Waals surface area contributed by atoms with Gasteiger partial charge in [-0.25, -0.2) is 9.18 Å². The normalized spacial score (nSPS) is 16.7. The number of hydrogen-bond donors (Lipinski definition) is 2. The molecule has 0 radical (unpaired) electrons. The van der Waals surface area contributed by atoms with Crippen LogP contribution in [-0.4, -0.2) is 22.5 Å². The molecule has 2 N–H and O–H groups in total. The Morgan fingerprint density at radius 3 is 2.62 bits per heavy atom. The van der Waals surface area contributed by atoms with Crippen LogP contribution in [0.2, 0.25) is 0 Å². The van der Waals surface area contributed by atoms with Crippen molar-refractivity contribution in [3.8, 4) is 0 Å². The molecule has 0 atom stereocenters. The molecule has 1 aromatic carbocycles. The van der Waals surface area contributed by atoms with Crippen molar-refractivity contribution < 1.29 is 19.1 Å². The first-order valence-electron chi connectivity index (χ1n) is 6.91. The summed E-state index contributed by atoms with van der Waals surface area (Å²) in [5, 5.41) is 12.0. The standard InChI is InChI=1S/C15H17BrFNO3/c16-12-5-4-11(17)9-10(12)3-6-13(19)18-15(14(20)21)7-1-2-8-15/h4-5,9H,1-3,6-8H2,(H,18,19)(H,20,21). The van der Waals surface area contributed by atoms with E-state index in [9.17, 15) is 19.1 Å². The zero-order valence-electron chi connectivity index (χ0n) is 11.5. The van der Waals surface area contributed by atoms with Gasteiger partial charge in [0.25, 0.3) is 0 Å². The van der Waals surface area contributed by atoms with Crippen LogP contribution >= 0.6 is 15.9 Å². The average molecular weight is 358 g/mol. The van der Waals surface area contributed by atoms with Crippen LogP contribution in [0.25, 0.3) is 0 Å². The van der Waals surface area contributed by atoms with E-state index in [1.54, 1.807) is 6.07 Å². The van der Waals surface area contributed by atoms with E-state index in [-0.39, 0.29) is 18.1 Å². The number of carboxylic acids is 1. The maximum Gasteiger partial charge on any atom is 0.329 e. The predicted octanol–water partition coefficient (Wildman–Crippen LogP) is 3.03. The maximum atomic E-state index is 13.2. The van der Waals surface area contributed by atoms with Crippen molar-refractivity contribution in [3.63, 3.8) is 0 Å². The molecular formula is C15H17BrFNO3. The fourth-order valence-electron chi connectivity index (χ4n) is 2.68. The summed E-state index contributed by atoms with van der Waals surface area (Å²) >= 11 is 3.31. The highest BCUT2D eigenvalue weighted by atomic mass is 79.9. The monoisotopic (exact) mass is 357 g/mol. The highest BCUT2D eigenvalue weighted by Gasteiger charge is 2.42. The highest BCUT2D eigenvalue weighted by molar-refractivity contribution is 9.10. The Bertz CT molecular complexity index is 556. The molecule has 2 rings (SSSR count). The first-order valence-corrected chi connectivity index (χ1v) is 7.71. The molecule has 21 heavy (non-hydrogen) atoms. The molecule has 1 amide bonds. The Balaban J connectivity index is 1.96. The van der Waals surface area contributed by atoms with Crippen LogP contribution in [0, 0.1) is 5.82 Å². The lowest BCUT2D eigenvalue weighted by Crippen LogP contribution is -2.52. The van der Waals surface area contributed by atoms with Crippen LogP contribution in [0.5, 0.6) is 0 Å². The zero-order valence-corrected chi connectivity index (χ0v) is 13.1. The average Bonchev–Trinajstić information content (AvgIpc) is 2.89. The summed E-state index contributed by atoms with van der Waals surface area (Å²) in [6.45, 7) is 0. The third-order valence-corrected chi connectivity index (χ3v) is 4.65. The van der Waals surface area contributed by atoms with Gasteiger partial charge in [-0.1, -0.05) is 28.8 Å². The number of nitrogens with one attached hydrogen (secondary N) is 1. The molecular weight excluding hydrogens is 341 g/mol. The Kier molecular flexibility index (Phi) is 4.98. The molecule has 6 heteroatoms. The van der Waals surface area contributed by atoms with E-state index >= 15 is 0 Å². The first kappa shape index (κ1) is 15.9. The molecule has 1 aromatic rings. The number of hydrogen-bond acceptors (Lipinski definition) is 2. The smallest absolute Gasteiger partial charge is 0.329 e. The van der Waals surface area contributed by atoms with Gasteiger partial charge in [0.15, 0.2) is 0 Å². The Labute approximate surface area is 130 Å². The van der Waals surface area contributed by atoms with Crippen LogP contribution in [0.15, 0.2) is 22.7 Å². The van der Waals surface area contributed by atoms with E-state index in [0.717, 1.165) is 17.3 Å². The SMILES string of the molecule is O=C(CCc1cc(F)ccc1Br)NC1(C(=O)O)CCCC1. The number of halogens is 2. The van der Waals surface area contributed by atoms with Crippen molar-refractivity contribution in [2.75, 3.05) is 0 Å². The Hall–Kier alpha value is -1.43. The van der Waals surface area contributed by atoms with Gasteiger partial charge in [-0.15, -0.1) is 0 Å². The molecule has 0 spiro atoms. The summed E-state index contributed by atoms with van der Waals surface area (Å²) in [6, 6.07) is 4.31. The quantitative estimate of drug-likeness (QED) is 0.850. The van der Waals surface area contributed by atoms with Crippen molar-refractivity contribution in [1.82, 2.24) is 5.32 Å². The maximum absolute atomic E-state index is 13.2. The summed E-state index contributed by atoms with van der Waals surface area (Å²) in [7, 11) is 0. The van der Waals surface area contributed by atoms with Gasteiger partial charge >= 0.3 is 5.97 Å². The molecule has 0 aromatic heterocycles. The van der Waals surface area contributed by atoms with Crippen molar-refractivity contribution in [2.45, 2.75) is 44.1 Å². The predicted molar refractivity (Wildman–Crippen MR) is 79.4 cm³/mol. The number of benzene rings is 1. The number of amides is 1. The molecule has 1 aliphatic carbocycles. The van der Waals surface area contributed by atoms with Crippen LogP contribution in [-0.2, 0) is 16.0 Å². The summed E-state index contributed by atoms with van der Waals surface area (Å²) < 4.78 is 13.9. The van der Waals surface area contributed by atoms with Gasteiger partial charge in [-0.2, -0.15) is 0 Å². The van der Waals surface area contributed by atoms with Gasteiger partial charge < -0.3 is 10.4 Å². The molecule has 0 aliphatic heterocycles. The van der Waals surface area contributed by atoms with Crippen LogP contribution < -0.4 is 5.32 Å². The third kappa shape index (κ3) is 3.81. The fraction of sp³-hybridized carbons (Fsp3) is 0.467. The zero-order chi connectivity index (χ0) is 15.5. The van der Waals surface area contributed by atoms with Crippen molar-refractivity contribution in [1.29, 1.82) is 0 Å². The number of carboxylic acid groups (broad SMARTS) is 1. The topological polar surface area (TPSA) is 66.4 Å². The van der Waals surface area contributed by atoms with Crippen LogP contribution in [0.3, 0.4) is 0 Å². The fourth-order valence-corrected chi connectivity index (χ4v) is 3.13. The van der Waals surface area contributed by atoms with E-state index in [1.165, 1.54) is 12.1 Å². The van der Waals surface area contributed by atoms with Crippen molar-refractivity contribution >= 4 is 27.8 Å². The van der Waals surface area contributed by atoms with E-state index in [4.69, 9.17) is 0 Å². The molecule has 1 aliphatic rings. The lowest BCUT2D eigenvalue weighted by atomic mass is 9.97. The number of rotatable bonds is 5. The van der Waals surface area contributed by atoms with Crippen LogP contribution in [0.4, 0.5) is 4.39 Å². The molecule has 0 bridgehead atoms. The third-order valence-electron chi connectivity index (χ3n) is 3.87. The summed E-state index contributed by atoms with van der Waals surface area (Å²) in [5.74, 6) is -1.64. The summed E-state index contributed by atoms with van der Waals surface area (Å²) in [6.07, 6.45) is 3.05. The molecule has 0 heterocycles. The van der Waals surface area contributed by atoms with E-state index in [0.29, 0.717) is 24.8 Å². The Morgan fingerprint density at radius 1 is 1.33 bits per heavy atom. The number of carbonyl (C=O) groups is 2. The van der Waals surface area contributed by atoms with Gasteiger partial charge in [0.05, 0.1) is 0 Å².